The van der Waals surface area contributed by atoms with Gasteiger partial charge in [-0.05, 0) is 18.2 Å². The van der Waals surface area contributed by atoms with E-state index >= 15 is 0 Å². The molecule has 0 radical (unpaired) electrons. The number of esters is 1. The zero-order valence-electron chi connectivity index (χ0n) is 17.1. The predicted molar refractivity (Wildman–Crippen MR) is 117 cm³/mol. The van der Waals surface area contributed by atoms with E-state index in [1.54, 1.807) is 48.7 Å². The van der Waals surface area contributed by atoms with Gasteiger partial charge in [-0.1, -0.05) is 48.5 Å². The molecule has 6 heteroatoms. The van der Waals surface area contributed by atoms with Gasteiger partial charge < -0.3 is 19.2 Å². The van der Waals surface area contributed by atoms with Crippen molar-refractivity contribution in [3.63, 3.8) is 0 Å². The average Bonchev–Trinajstić information content (AvgIpc) is 3.26. The molecule has 0 fully saturated rings. The Hall–Kier alpha value is -4.06. The predicted octanol–water partition coefficient (Wildman–Crippen LogP) is 4.97. The summed E-state index contributed by atoms with van der Waals surface area (Å²) in [6, 6.07) is 21.2. The van der Waals surface area contributed by atoms with Gasteiger partial charge in [-0.2, -0.15) is 0 Å². The topological polar surface area (TPSA) is 77.6 Å². The fourth-order valence-electron chi connectivity index (χ4n) is 3.46. The van der Waals surface area contributed by atoms with Gasteiger partial charge in [0.2, 0.25) is 5.78 Å². The molecule has 0 saturated heterocycles. The lowest BCUT2D eigenvalue weighted by Crippen LogP contribution is -2.20. The second-order valence-electron chi connectivity index (χ2n) is 6.87. The van der Waals surface area contributed by atoms with Crippen molar-refractivity contribution < 1.29 is 23.8 Å². The Balaban J connectivity index is 1.71. The van der Waals surface area contributed by atoms with E-state index in [9.17, 15) is 9.59 Å². The number of H-pyrrole nitrogens is 1. The Kier molecular flexibility index (Phi) is 5.71. The summed E-state index contributed by atoms with van der Waals surface area (Å²) in [5, 5.41) is 0.770. The van der Waals surface area contributed by atoms with Crippen LogP contribution in [0.3, 0.4) is 0 Å². The van der Waals surface area contributed by atoms with Gasteiger partial charge in [-0.25, -0.2) is 4.79 Å². The van der Waals surface area contributed by atoms with Gasteiger partial charge in [0.05, 0.1) is 14.2 Å². The van der Waals surface area contributed by atoms with Crippen LogP contribution in [-0.2, 0) is 4.74 Å². The fraction of sp³-hybridized carbons (Fsp3) is 0.120. The first-order valence-corrected chi connectivity index (χ1v) is 9.70. The maximum absolute atomic E-state index is 13.5. The highest BCUT2D eigenvalue weighted by molar-refractivity contribution is 6.11. The lowest BCUT2D eigenvalue weighted by atomic mass is 9.99. The van der Waals surface area contributed by atoms with Gasteiger partial charge >= 0.3 is 5.97 Å². The van der Waals surface area contributed by atoms with Crippen LogP contribution >= 0.6 is 0 Å². The largest absolute Gasteiger partial charge is 0.497 e. The number of carbonyl (C=O) groups is 2. The molecule has 1 atom stereocenters. The van der Waals surface area contributed by atoms with Crippen LogP contribution in [0.15, 0.2) is 79.0 Å². The maximum atomic E-state index is 13.5. The number of Topliss-reactive ketones (excluding diaryl/α,β-unsaturated/α-hetero) is 1. The number of para-hydroxylation sites is 1. The molecule has 1 N–H and O–H groups in total. The number of carbonyl (C=O) groups excluding carboxylic acids is 2. The molecule has 0 amide bonds. The first-order valence-electron chi connectivity index (χ1n) is 9.70. The summed E-state index contributed by atoms with van der Waals surface area (Å²) in [6.07, 6.45) is 0.532. The molecular formula is C25H21NO5. The molecule has 0 unspecified atom stereocenters. The summed E-state index contributed by atoms with van der Waals surface area (Å²) in [5.74, 6) is -0.135. The summed E-state index contributed by atoms with van der Waals surface area (Å²) in [4.78, 5) is 29.6. The van der Waals surface area contributed by atoms with E-state index in [1.807, 2.05) is 30.3 Å². The molecule has 1 aromatic heterocycles. The molecule has 0 saturated carbocycles. The molecule has 4 aromatic rings. The molecule has 0 aliphatic carbocycles. The minimum absolute atomic E-state index is 0.205. The van der Waals surface area contributed by atoms with Crippen molar-refractivity contribution in [2.45, 2.75) is 6.10 Å². The number of ether oxygens (including phenoxy) is 3. The van der Waals surface area contributed by atoms with Crippen molar-refractivity contribution >= 4 is 22.7 Å². The Bertz CT molecular complexity index is 1230. The van der Waals surface area contributed by atoms with Gasteiger partial charge in [0.25, 0.3) is 0 Å². The minimum atomic E-state index is -1.11. The molecule has 156 valence electrons. The number of ketones is 1. The molecule has 0 aliphatic heterocycles. The van der Waals surface area contributed by atoms with Gasteiger partial charge in [-0.15, -0.1) is 0 Å². The average molecular weight is 415 g/mol. The Labute approximate surface area is 179 Å². The molecule has 0 bridgehead atoms. The number of hydrogen-bond donors (Lipinski definition) is 1. The van der Waals surface area contributed by atoms with E-state index in [2.05, 4.69) is 4.98 Å². The molecule has 3 aromatic carbocycles. The highest BCUT2D eigenvalue weighted by Crippen LogP contribution is 2.30. The lowest BCUT2D eigenvalue weighted by molar-refractivity contribution is 0.0277. The third-order valence-electron chi connectivity index (χ3n) is 5.05. The SMILES string of the molecule is COc1ccc(C(=O)O[C@H](C(=O)c2c[nH]c3ccccc23)c2ccccc2)c(OC)c1. The van der Waals surface area contributed by atoms with Crippen molar-refractivity contribution in [3.8, 4) is 11.5 Å². The number of nitrogens with one attached hydrogen (secondary N) is 1. The fourth-order valence-corrected chi connectivity index (χ4v) is 3.46. The summed E-state index contributed by atoms with van der Waals surface area (Å²) in [6.45, 7) is 0. The lowest BCUT2D eigenvalue weighted by Gasteiger charge is -2.18. The van der Waals surface area contributed by atoms with E-state index < -0.39 is 12.1 Å². The smallest absolute Gasteiger partial charge is 0.342 e. The third-order valence-corrected chi connectivity index (χ3v) is 5.05. The summed E-state index contributed by atoms with van der Waals surface area (Å²) in [7, 11) is 2.98. The van der Waals surface area contributed by atoms with Crippen molar-refractivity contribution in [1.29, 1.82) is 0 Å². The number of aromatic amines is 1. The van der Waals surface area contributed by atoms with Gasteiger partial charge in [0, 0.05) is 34.3 Å². The molecular weight excluding hydrogens is 394 g/mol. The number of methoxy groups -OCH3 is 2. The molecule has 0 spiro atoms. The zero-order chi connectivity index (χ0) is 21.8. The van der Waals surface area contributed by atoms with Crippen molar-refractivity contribution in [1.82, 2.24) is 4.98 Å². The standard InChI is InChI=1S/C25H21NO5/c1-29-17-12-13-19(22(14-17)30-2)25(28)31-24(16-8-4-3-5-9-16)23(27)20-15-26-21-11-7-6-10-18(20)21/h3-15,24,26H,1-2H3/t24-/m0/s1. The normalized spacial score (nSPS) is 11.7. The molecule has 1 heterocycles. The Morgan fingerprint density at radius 3 is 2.32 bits per heavy atom. The number of aromatic nitrogens is 1. The maximum Gasteiger partial charge on any atom is 0.342 e. The van der Waals surface area contributed by atoms with Crippen LogP contribution in [0.4, 0.5) is 0 Å². The van der Waals surface area contributed by atoms with Crippen molar-refractivity contribution in [3.05, 3.63) is 95.7 Å². The number of benzene rings is 3. The number of hydrogen-bond acceptors (Lipinski definition) is 5. The molecule has 31 heavy (non-hydrogen) atoms. The highest BCUT2D eigenvalue weighted by atomic mass is 16.5. The molecule has 6 nitrogen and oxygen atoms in total. The van der Waals surface area contributed by atoms with Crippen LogP contribution in [-0.4, -0.2) is 31.0 Å². The first-order chi connectivity index (χ1) is 15.1. The Morgan fingerprint density at radius 1 is 0.839 bits per heavy atom. The monoisotopic (exact) mass is 415 g/mol. The third kappa shape index (κ3) is 4.00. The second kappa shape index (κ2) is 8.75. The second-order valence-corrected chi connectivity index (χ2v) is 6.87. The van der Waals surface area contributed by atoms with Crippen LogP contribution in [0.5, 0.6) is 11.5 Å². The molecule has 4 rings (SSSR count). The van der Waals surface area contributed by atoms with Crippen molar-refractivity contribution in [2.24, 2.45) is 0 Å². The van der Waals surface area contributed by atoms with E-state index in [0.717, 1.165) is 10.9 Å². The van der Waals surface area contributed by atoms with E-state index in [1.165, 1.54) is 14.2 Å². The summed E-state index contributed by atoms with van der Waals surface area (Å²) >= 11 is 0. The highest BCUT2D eigenvalue weighted by Gasteiger charge is 2.29. The van der Waals surface area contributed by atoms with E-state index in [4.69, 9.17) is 14.2 Å². The summed E-state index contributed by atoms with van der Waals surface area (Å²) < 4.78 is 16.2. The van der Waals surface area contributed by atoms with Crippen LogP contribution in [0.1, 0.15) is 32.4 Å². The van der Waals surface area contributed by atoms with Gasteiger partial charge in [0.15, 0.2) is 6.10 Å². The first kappa shape index (κ1) is 20.2. The van der Waals surface area contributed by atoms with Crippen LogP contribution in [0.2, 0.25) is 0 Å². The number of rotatable bonds is 7. The quantitative estimate of drug-likeness (QED) is 0.341. The van der Waals surface area contributed by atoms with Crippen LogP contribution in [0.25, 0.3) is 10.9 Å². The van der Waals surface area contributed by atoms with Gasteiger partial charge in [0.1, 0.15) is 17.1 Å². The molecule has 0 aliphatic rings. The minimum Gasteiger partial charge on any atom is -0.497 e. The summed E-state index contributed by atoms with van der Waals surface area (Å²) in [5.41, 5.74) is 2.08. The zero-order valence-corrected chi connectivity index (χ0v) is 17.1. The van der Waals surface area contributed by atoms with E-state index in [0.29, 0.717) is 22.6 Å². The van der Waals surface area contributed by atoms with Crippen LogP contribution in [0, 0.1) is 0 Å². The van der Waals surface area contributed by atoms with Crippen molar-refractivity contribution in [2.75, 3.05) is 14.2 Å². The van der Waals surface area contributed by atoms with E-state index in [-0.39, 0.29) is 11.3 Å². The van der Waals surface area contributed by atoms with Crippen LogP contribution < -0.4 is 9.47 Å². The number of fused-ring (bicyclic) bond motifs is 1. The Morgan fingerprint density at radius 2 is 1.58 bits per heavy atom. The van der Waals surface area contributed by atoms with Gasteiger partial charge in [-0.3, -0.25) is 4.79 Å².